The molecule has 90 valence electrons. The van der Waals surface area contributed by atoms with Gasteiger partial charge in [-0.25, -0.2) is 0 Å². The van der Waals surface area contributed by atoms with E-state index in [1.54, 1.807) is 21.1 Å². The van der Waals surface area contributed by atoms with Gasteiger partial charge in [0.05, 0.1) is 6.54 Å². The van der Waals surface area contributed by atoms with E-state index in [-0.39, 0.29) is 18.4 Å². The third-order valence-corrected chi connectivity index (χ3v) is 2.75. The molecule has 5 nitrogen and oxygen atoms in total. The van der Waals surface area contributed by atoms with Crippen molar-refractivity contribution >= 4 is 11.8 Å². The maximum atomic E-state index is 11.9. The quantitative estimate of drug-likeness (QED) is 0.656. The second-order valence-electron chi connectivity index (χ2n) is 4.28. The van der Waals surface area contributed by atoms with Gasteiger partial charge >= 0.3 is 0 Å². The summed E-state index contributed by atoms with van der Waals surface area (Å²) in [6.45, 7) is 3.51. The lowest BCUT2D eigenvalue weighted by atomic mass is 10.0. The second-order valence-corrected chi connectivity index (χ2v) is 4.28. The van der Waals surface area contributed by atoms with Crippen LogP contribution in [0, 0.1) is 0 Å². The summed E-state index contributed by atoms with van der Waals surface area (Å²) < 4.78 is 0. The zero-order valence-corrected chi connectivity index (χ0v) is 10.3. The molecule has 1 fully saturated rings. The molecule has 0 radical (unpaired) electrons. The summed E-state index contributed by atoms with van der Waals surface area (Å²) in [6, 6.07) is 0. The van der Waals surface area contributed by atoms with E-state index in [1.807, 2.05) is 6.92 Å². The minimum Gasteiger partial charge on any atom is -0.347 e. The number of hydrogen-bond acceptors (Lipinski definition) is 3. The molecule has 1 N–H and O–H groups in total. The zero-order chi connectivity index (χ0) is 12.3. The van der Waals surface area contributed by atoms with E-state index in [0.29, 0.717) is 0 Å². The molecule has 0 aromatic carbocycles. The summed E-state index contributed by atoms with van der Waals surface area (Å²) in [5.74, 6) is -0.132. The molecule has 0 unspecified atom stereocenters. The van der Waals surface area contributed by atoms with Crippen LogP contribution in [0.2, 0.25) is 0 Å². The van der Waals surface area contributed by atoms with E-state index in [2.05, 4.69) is 5.32 Å². The van der Waals surface area contributed by atoms with Crippen LogP contribution in [0.4, 0.5) is 0 Å². The fourth-order valence-corrected chi connectivity index (χ4v) is 1.37. The highest BCUT2D eigenvalue weighted by Gasteiger charge is 2.20. The van der Waals surface area contributed by atoms with E-state index in [4.69, 9.17) is 0 Å². The Hall–Kier alpha value is -1.36. The van der Waals surface area contributed by atoms with Gasteiger partial charge in [0.1, 0.15) is 0 Å². The molecule has 0 spiro atoms. The fraction of sp³-hybridized carbons (Fsp3) is 0.636. The van der Waals surface area contributed by atoms with E-state index >= 15 is 0 Å². The Morgan fingerprint density at radius 2 is 1.81 bits per heavy atom. The molecule has 0 aromatic heterocycles. The molecule has 2 amide bonds. The number of carbonyl (C=O) groups is 2. The van der Waals surface area contributed by atoms with Crippen LogP contribution in [0.3, 0.4) is 0 Å². The van der Waals surface area contributed by atoms with Gasteiger partial charge in [-0.1, -0.05) is 0 Å². The van der Waals surface area contributed by atoms with Gasteiger partial charge in [-0.3, -0.25) is 9.59 Å². The lowest BCUT2D eigenvalue weighted by molar-refractivity contribution is -0.135. The van der Waals surface area contributed by atoms with Gasteiger partial charge in [0, 0.05) is 39.8 Å². The first-order valence-electron chi connectivity index (χ1n) is 5.28. The number of carbonyl (C=O) groups excluding carboxylic acids is 2. The third-order valence-electron chi connectivity index (χ3n) is 2.75. The Morgan fingerprint density at radius 3 is 2.19 bits per heavy atom. The van der Waals surface area contributed by atoms with Crippen molar-refractivity contribution in [2.45, 2.75) is 6.92 Å². The third kappa shape index (κ3) is 2.82. The van der Waals surface area contributed by atoms with Crippen LogP contribution in [0.1, 0.15) is 6.92 Å². The average Bonchev–Trinajstić information content (AvgIpc) is 2.13. The molecule has 16 heavy (non-hydrogen) atoms. The first-order chi connectivity index (χ1) is 7.43. The second kappa shape index (κ2) is 5.12. The normalized spacial score (nSPS) is 14.1. The van der Waals surface area contributed by atoms with Crippen LogP contribution in [0.5, 0.6) is 0 Å². The van der Waals surface area contributed by atoms with Gasteiger partial charge < -0.3 is 15.1 Å². The van der Waals surface area contributed by atoms with Crippen LogP contribution in [0.15, 0.2) is 11.1 Å². The summed E-state index contributed by atoms with van der Waals surface area (Å²) >= 11 is 0. The Balaban J connectivity index is 2.57. The zero-order valence-electron chi connectivity index (χ0n) is 10.3. The smallest absolute Gasteiger partial charge is 0.249 e. The highest BCUT2D eigenvalue weighted by atomic mass is 16.2. The summed E-state index contributed by atoms with van der Waals surface area (Å²) in [7, 11) is 5.02. The van der Waals surface area contributed by atoms with Crippen molar-refractivity contribution in [1.82, 2.24) is 15.1 Å². The summed E-state index contributed by atoms with van der Waals surface area (Å²) in [5.41, 5.74) is 1.89. The Labute approximate surface area is 96.1 Å². The number of nitrogens with zero attached hydrogens (tertiary/aromatic N) is 2. The Bertz CT molecular complexity index is 328. The molecule has 1 aliphatic heterocycles. The van der Waals surface area contributed by atoms with Crippen molar-refractivity contribution in [3.8, 4) is 0 Å². The van der Waals surface area contributed by atoms with Gasteiger partial charge in [-0.15, -0.1) is 0 Å². The van der Waals surface area contributed by atoms with Gasteiger partial charge in [0.2, 0.25) is 11.8 Å². The van der Waals surface area contributed by atoms with Crippen molar-refractivity contribution in [2.24, 2.45) is 0 Å². The minimum absolute atomic E-state index is 0.0632. The molecule has 0 saturated carbocycles. The van der Waals surface area contributed by atoms with E-state index in [0.717, 1.165) is 24.2 Å². The lowest BCUT2D eigenvalue weighted by Crippen LogP contribution is -2.41. The molecule has 1 saturated heterocycles. The molecular weight excluding hydrogens is 206 g/mol. The van der Waals surface area contributed by atoms with Crippen LogP contribution in [0.25, 0.3) is 0 Å². The van der Waals surface area contributed by atoms with Crippen LogP contribution >= 0.6 is 0 Å². The van der Waals surface area contributed by atoms with Crippen LogP contribution in [-0.4, -0.2) is 62.4 Å². The predicted molar refractivity (Wildman–Crippen MR) is 61.9 cm³/mol. The van der Waals surface area contributed by atoms with E-state index in [9.17, 15) is 9.59 Å². The average molecular weight is 225 g/mol. The monoisotopic (exact) mass is 225 g/mol. The first kappa shape index (κ1) is 12.7. The van der Waals surface area contributed by atoms with E-state index < -0.39 is 0 Å². The lowest BCUT2D eigenvalue weighted by Gasteiger charge is -2.25. The molecule has 0 bridgehead atoms. The van der Waals surface area contributed by atoms with Gasteiger partial charge in [0.25, 0.3) is 0 Å². The number of rotatable bonds is 3. The molecule has 1 heterocycles. The molecule has 1 rings (SSSR count). The van der Waals surface area contributed by atoms with Gasteiger partial charge in [-0.2, -0.15) is 0 Å². The van der Waals surface area contributed by atoms with Crippen molar-refractivity contribution in [2.75, 3.05) is 40.8 Å². The van der Waals surface area contributed by atoms with Crippen LogP contribution in [-0.2, 0) is 9.59 Å². The molecular formula is C11H19N3O2. The highest BCUT2D eigenvalue weighted by molar-refractivity contribution is 5.96. The number of hydrogen-bond donors (Lipinski definition) is 1. The maximum Gasteiger partial charge on any atom is 0.249 e. The van der Waals surface area contributed by atoms with Crippen molar-refractivity contribution in [1.29, 1.82) is 0 Å². The topological polar surface area (TPSA) is 52.7 Å². The Kier molecular flexibility index (Phi) is 4.06. The molecule has 5 heteroatoms. The summed E-state index contributed by atoms with van der Waals surface area (Å²) in [5, 5.41) is 3.09. The standard InChI is InChI=1S/C11H19N3O2/c1-8(9-5-12-6-9)11(16)14(4)7-10(15)13(2)3/h12H,5-7H2,1-4H3. The number of likely N-dealkylation sites (N-methyl/N-ethyl adjacent to an activating group) is 2. The molecule has 0 aromatic rings. The van der Waals surface area contributed by atoms with Crippen molar-refractivity contribution in [3.05, 3.63) is 11.1 Å². The van der Waals surface area contributed by atoms with Gasteiger partial charge in [-0.05, 0) is 12.5 Å². The SMILES string of the molecule is CC(C(=O)N(C)CC(=O)N(C)C)=C1CNC1. The molecule has 0 aliphatic carbocycles. The Morgan fingerprint density at radius 1 is 1.25 bits per heavy atom. The first-order valence-corrected chi connectivity index (χ1v) is 5.28. The van der Waals surface area contributed by atoms with E-state index in [1.165, 1.54) is 9.80 Å². The predicted octanol–water partition coefficient (Wildman–Crippen LogP) is -0.547. The highest BCUT2D eigenvalue weighted by Crippen LogP contribution is 2.11. The minimum atomic E-state index is -0.0691. The van der Waals surface area contributed by atoms with Crippen molar-refractivity contribution in [3.63, 3.8) is 0 Å². The molecule has 0 atom stereocenters. The largest absolute Gasteiger partial charge is 0.347 e. The number of nitrogens with one attached hydrogen (secondary N) is 1. The van der Waals surface area contributed by atoms with Crippen LogP contribution < -0.4 is 5.32 Å². The van der Waals surface area contributed by atoms with Gasteiger partial charge in [0.15, 0.2) is 0 Å². The summed E-state index contributed by atoms with van der Waals surface area (Å²) in [4.78, 5) is 26.3. The molecule has 1 aliphatic rings. The number of amides is 2. The summed E-state index contributed by atoms with van der Waals surface area (Å²) in [6.07, 6.45) is 0. The maximum absolute atomic E-state index is 11.9. The fourth-order valence-electron chi connectivity index (χ4n) is 1.37. The van der Waals surface area contributed by atoms with Crippen molar-refractivity contribution < 1.29 is 9.59 Å².